The molecule has 0 aromatic heterocycles. The summed E-state index contributed by atoms with van der Waals surface area (Å²) in [5.74, 6) is 1.75. The summed E-state index contributed by atoms with van der Waals surface area (Å²) in [6.07, 6.45) is 14.5. The molecule has 200 valence electrons. The van der Waals surface area contributed by atoms with E-state index in [4.69, 9.17) is 4.43 Å². The molecule has 2 aromatic rings. The molecule has 0 bridgehead atoms. The first-order valence-electron chi connectivity index (χ1n) is 15.0. The minimum Gasteiger partial charge on any atom is -0.417 e. The summed E-state index contributed by atoms with van der Waals surface area (Å²) in [5.41, 5.74) is 7.25. The van der Waals surface area contributed by atoms with Gasteiger partial charge in [-0.2, -0.15) is 0 Å². The van der Waals surface area contributed by atoms with E-state index >= 15 is 0 Å². The zero-order valence-corrected chi connectivity index (χ0v) is 25.6. The molecule has 3 rings (SSSR count). The minimum atomic E-state index is -1.64. The first-order valence-corrected chi connectivity index (χ1v) is 17.9. The zero-order chi connectivity index (χ0) is 26.2. The number of rotatable bonds is 12. The summed E-state index contributed by atoms with van der Waals surface area (Å²) in [6.45, 7) is 17.1. The predicted octanol–water partition coefficient (Wildman–Crippen LogP) is 10.7. The summed E-state index contributed by atoms with van der Waals surface area (Å²) >= 11 is 0. The summed E-state index contributed by atoms with van der Waals surface area (Å²) in [5, 5.41) is 0.285. The van der Waals surface area contributed by atoms with Crippen molar-refractivity contribution in [3.05, 3.63) is 59.2 Å². The molecular weight excluding hydrogens is 452 g/mol. The third-order valence-corrected chi connectivity index (χ3v) is 13.7. The van der Waals surface area contributed by atoms with Crippen molar-refractivity contribution < 1.29 is 4.43 Å². The lowest BCUT2D eigenvalue weighted by Crippen LogP contribution is -2.41. The van der Waals surface area contributed by atoms with Crippen molar-refractivity contribution in [3.63, 3.8) is 0 Å². The van der Waals surface area contributed by atoms with Crippen molar-refractivity contribution in [1.29, 1.82) is 0 Å². The molecule has 0 spiro atoms. The Bertz CT molecular complexity index is 913. The van der Waals surface area contributed by atoms with Gasteiger partial charge in [0.25, 0.3) is 0 Å². The molecule has 0 saturated heterocycles. The molecule has 2 heteroatoms. The highest BCUT2D eigenvalue weighted by atomic mass is 28.4. The molecule has 0 atom stereocenters. The van der Waals surface area contributed by atoms with Gasteiger partial charge < -0.3 is 4.43 Å². The van der Waals surface area contributed by atoms with Crippen molar-refractivity contribution in [3.8, 4) is 11.1 Å². The van der Waals surface area contributed by atoms with Gasteiger partial charge in [-0.1, -0.05) is 103 Å². The highest BCUT2D eigenvalue weighted by molar-refractivity contribution is 6.74. The van der Waals surface area contributed by atoms with Crippen molar-refractivity contribution in [1.82, 2.24) is 0 Å². The Kier molecular flexibility index (Phi) is 10.9. The molecule has 2 aromatic carbocycles. The van der Waals surface area contributed by atoms with Gasteiger partial charge in [0, 0.05) is 6.61 Å². The average molecular weight is 507 g/mol. The molecule has 1 aliphatic carbocycles. The largest absolute Gasteiger partial charge is 0.417 e. The van der Waals surface area contributed by atoms with Crippen LogP contribution < -0.4 is 0 Å². The summed E-state index contributed by atoms with van der Waals surface area (Å²) in [6, 6.07) is 16.7. The lowest BCUT2D eigenvalue weighted by atomic mass is 9.77. The van der Waals surface area contributed by atoms with Crippen LogP contribution >= 0.6 is 0 Å². The maximum atomic E-state index is 6.39. The van der Waals surface area contributed by atoms with Gasteiger partial charge >= 0.3 is 0 Å². The fourth-order valence-electron chi connectivity index (χ4n) is 5.60. The lowest BCUT2D eigenvalue weighted by molar-refractivity contribution is 0.282. The summed E-state index contributed by atoms with van der Waals surface area (Å²) in [4.78, 5) is 0. The van der Waals surface area contributed by atoms with Gasteiger partial charge in [0.1, 0.15) is 0 Å². The van der Waals surface area contributed by atoms with Crippen LogP contribution in [-0.2, 0) is 17.3 Å². The molecule has 1 nitrogen and oxygen atoms in total. The van der Waals surface area contributed by atoms with E-state index in [-0.39, 0.29) is 5.04 Å². The van der Waals surface area contributed by atoms with E-state index in [0.717, 1.165) is 37.7 Å². The van der Waals surface area contributed by atoms with E-state index < -0.39 is 8.32 Å². The van der Waals surface area contributed by atoms with Gasteiger partial charge in [-0.3, -0.25) is 0 Å². The Morgan fingerprint density at radius 3 is 2.17 bits per heavy atom. The Labute approximate surface area is 224 Å². The quantitative estimate of drug-likeness (QED) is 0.205. The number of aryl methyl sites for hydroxylation is 2. The highest BCUT2D eigenvalue weighted by Crippen LogP contribution is 2.39. The molecule has 0 radical (unpaired) electrons. The van der Waals surface area contributed by atoms with Gasteiger partial charge in [0.2, 0.25) is 0 Å². The van der Waals surface area contributed by atoms with Crippen LogP contribution in [-0.4, -0.2) is 14.9 Å². The van der Waals surface area contributed by atoms with Crippen molar-refractivity contribution in [2.75, 3.05) is 6.61 Å². The highest BCUT2D eigenvalue weighted by Gasteiger charge is 2.36. The van der Waals surface area contributed by atoms with Crippen LogP contribution in [0.3, 0.4) is 0 Å². The first kappa shape index (κ1) is 29.2. The molecule has 0 aliphatic heterocycles. The van der Waals surface area contributed by atoms with Gasteiger partial charge in [-0.25, -0.2) is 0 Å². The fraction of sp³-hybridized carbons (Fsp3) is 0.647. The Balaban J connectivity index is 1.55. The van der Waals surface area contributed by atoms with Crippen molar-refractivity contribution >= 4 is 8.32 Å². The van der Waals surface area contributed by atoms with E-state index in [9.17, 15) is 0 Å². The Morgan fingerprint density at radius 1 is 0.861 bits per heavy atom. The maximum absolute atomic E-state index is 6.39. The van der Waals surface area contributed by atoms with Crippen LogP contribution in [0.15, 0.2) is 42.5 Å². The standard InChI is InChI=1S/C34H54OSi/c1-8-10-11-13-27-15-18-30(19-16-27)31-20-22-32(23-21-31)33-24-17-28(26-29(33)9-2)14-12-25-35-36(6,7)34(3,4)5/h17,20-24,26-27,30H,8-16,18-19,25H2,1-7H3. The smallest absolute Gasteiger partial charge is 0.191 e. The third-order valence-electron chi connectivity index (χ3n) is 9.19. The Morgan fingerprint density at radius 2 is 1.56 bits per heavy atom. The normalized spacial score (nSPS) is 19.0. The van der Waals surface area contributed by atoms with Crippen molar-refractivity contribution in [2.24, 2.45) is 5.92 Å². The third kappa shape index (κ3) is 8.06. The monoisotopic (exact) mass is 506 g/mol. The van der Waals surface area contributed by atoms with Crippen LogP contribution in [0.2, 0.25) is 18.1 Å². The average Bonchev–Trinajstić information content (AvgIpc) is 2.86. The molecule has 1 aliphatic rings. The van der Waals surface area contributed by atoms with Crippen LogP contribution in [0, 0.1) is 5.92 Å². The van der Waals surface area contributed by atoms with Crippen molar-refractivity contribution in [2.45, 2.75) is 129 Å². The second-order valence-electron chi connectivity index (χ2n) is 12.9. The topological polar surface area (TPSA) is 9.23 Å². The first-order chi connectivity index (χ1) is 17.1. The van der Waals surface area contributed by atoms with E-state index in [1.165, 1.54) is 73.6 Å². The van der Waals surface area contributed by atoms with Crippen LogP contribution in [0.25, 0.3) is 11.1 Å². The molecular formula is C34H54OSi. The van der Waals surface area contributed by atoms with E-state index in [1.54, 1.807) is 5.56 Å². The van der Waals surface area contributed by atoms with Crippen LogP contribution in [0.4, 0.5) is 0 Å². The van der Waals surface area contributed by atoms with Gasteiger partial charge in [0.05, 0.1) is 0 Å². The maximum Gasteiger partial charge on any atom is 0.191 e. The van der Waals surface area contributed by atoms with Crippen LogP contribution in [0.5, 0.6) is 0 Å². The molecule has 36 heavy (non-hydrogen) atoms. The summed E-state index contributed by atoms with van der Waals surface area (Å²) < 4.78 is 6.39. The van der Waals surface area contributed by atoms with E-state index in [0.29, 0.717) is 0 Å². The molecule has 0 amide bonds. The Hall–Kier alpha value is -1.38. The molecule has 0 N–H and O–H groups in total. The predicted molar refractivity (Wildman–Crippen MR) is 162 cm³/mol. The van der Waals surface area contributed by atoms with E-state index in [2.05, 4.69) is 90.2 Å². The summed E-state index contributed by atoms with van der Waals surface area (Å²) in [7, 11) is -1.64. The number of benzene rings is 2. The second-order valence-corrected chi connectivity index (χ2v) is 17.7. The molecule has 0 unspecified atom stereocenters. The minimum absolute atomic E-state index is 0.285. The molecule has 1 saturated carbocycles. The SMILES string of the molecule is CCCCCC1CCC(c2ccc(-c3ccc(CCCO[Si](C)(C)C(C)(C)C)cc3CC)cc2)CC1. The lowest BCUT2D eigenvalue weighted by Gasteiger charge is -2.36. The van der Waals surface area contributed by atoms with Crippen LogP contribution in [0.1, 0.15) is 115 Å². The van der Waals surface area contributed by atoms with E-state index in [1.807, 2.05) is 0 Å². The number of unbranched alkanes of at least 4 members (excludes halogenated alkanes) is 2. The molecule has 0 heterocycles. The zero-order valence-electron chi connectivity index (χ0n) is 24.6. The molecule has 1 fully saturated rings. The van der Waals surface area contributed by atoms with Gasteiger partial charge in [-0.05, 0) is 103 Å². The van der Waals surface area contributed by atoms with Gasteiger partial charge in [-0.15, -0.1) is 0 Å². The second kappa shape index (κ2) is 13.4. The fourth-order valence-corrected chi connectivity index (χ4v) is 6.69. The number of hydrogen-bond donors (Lipinski definition) is 0. The number of hydrogen-bond acceptors (Lipinski definition) is 1. The van der Waals surface area contributed by atoms with Gasteiger partial charge in [0.15, 0.2) is 8.32 Å².